The summed E-state index contributed by atoms with van der Waals surface area (Å²) < 4.78 is 0. The molecule has 108 valence electrons. The quantitative estimate of drug-likeness (QED) is 0.930. The molecule has 1 atom stereocenters. The van der Waals surface area contributed by atoms with Gasteiger partial charge in [-0.25, -0.2) is 4.79 Å². The minimum Gasteiger partial charge on any atom is -0.478 e. The summed E-state index contributed by atoms with van der Waals surface area (Å²) in [7, 11) is 0. The van der Waals surface area contributed by atoms with E-state index in [-0.39, 0.29) is 5.56 Å². The average Bonchev–Trinajstić information content (AvgIpc) is 2.97. The van der Waals surface area contributed by atoms with Gasteiger partial charge >= 0.3 is 5.97 Å². The molecule has 0 spiro atoms. The lowest BCUT2D eigenvalue weighted by molar-refractivity contribution is 0.0697. The number of carbonyl (C=O) groups is 1. The summed E-state index contributed by atoms with van der Waals surface area (Å²) in [4.78, 5) is 13.5. The van der Waals surface area contributed by atoms with Gasteiger partial charge < -0.3 is 10.0 Å². The van der Waals surface area contributed by atoms with E-state index in [9.17, 15) is 9.90 Å². The minimum atomic E-state index is -0.935. The van der Waals surface area contributed by atoms with E-state index in [4.69, 9.17) is 11.6 Å². The molecule has 2 aromatic carbocycles. The van der Waals surface area contributed by atoms with Crippen LogP contribution < -0.4 is 4.90 Å². The van der Waals surface area contributed by atoms with Crippen LogP contribution >= 0.6 is 11.6 Å². The lowest BCUT2D eigenvalue weighted by atomic mass is 9.99. The molecule has 4 heteroatoms. The second-order valence-electron chi connectivity index (χ2n) is 5.31. The molecule has 1 aliphatic rings. The van der Waals surface area contributed by atoms with Crippen LogP contribution in [0.4, 0.5) is 5.69 Å². The Bertz CT molecular complexity index is 657. The van der Waals surface area contributed by atoms with E-state index in [2.05, 4.69) is 17.0 Å². The molecule has 1 N–H and O–H groups in total. The first-order valence-corrected chi connectivity index (χ1v) is 7.35. The average molecular weight is 302 g/mol. The van der Waals surface area contributed by atoms with Crippen molar-refractivity contribution in [1.82, 2.24) is 0 Å². The van der Waals surface area contributed by atoms with Crippen molar-refractivity contribution in [3.63, 3.8) is 0 Å². The van der Waals surface area contributed by atoms with Crippen molar-refractivity contribution in [2.24, 2.45) is 0 Å². The van der Waals surface area contributed by atoms with E-state index in [1.54, 1.807) is 12.1 Å². The Labute approximate surface area is 128 Å². The SMILES string of the molecule is O=C(O)c1cc(Cl)ccc1N1CCC(c2ccccc2)C1. The van der Waals surface area contributed by atoms with Crippen LogP contribution in [0.2, 0.25) is 5.02 Å². The number of hydrogen-bond acceptors (Lipinski definition) is 2. The molecule has 21 heavy (non-hydrogen) atoms. The van der Waals surface area contributed by atoms with Gasteiger partial charge in [-0.2, -0.15) is 0 Å². The van der Waals surface area contributed by atoms with Crippen LogP contribution in [-0.2, 0) is 0 Å². The van der Waals surface area contributed by atoms with Crippen LogP contribution in [-0.4, -0.2) is 24.2 Å². The summed E-state index contributed by atoms with van der Waals surface area (Å²) in [5.74, 6) is -0.487. The molecule has 0 saturated carbocycles. The van der Waals surface area contributed by atoms with Gasteiger partial charge in [0.05, 0.1) is 11.3 Å². The zero-order valence-corrected chi connectivity index (χ0v) is 12.3. The highest BCUT2D eigenvalue weighted by molar-refractivity contribution is 6.31. The number of nitrogens with zero attached hydrogens (tertiary/aromatic N) is 1. The smallest absolute Gasteiger partial charge is 0.337 e. The zero-order valence-electron chi connectivity index (χ0n) is 11.5. The second kappa shape index (κ2) is 5.78. The summed E-state index contributed by atoms with van der Waals surface area (Å²) in [6.45, 7) is 1.70. The first-order valence-electron chi connectivity index (χ1n) is 6.98. The molecule has 3 nitrogen and oxygen atoms in total. The van der Waals surface area contributed by atoms with Crippen molar-refractivity contribution in [2.75, 3.05) is 18.0 Å². The predicted molar refractivity (Wildman–Crippen MR) is 84.4 cm³/mol. The molecule has 3 rings (SSSR count). The monoisotopic (exact) mass is 301 g/mol. The third-order valence-corrected chi connectivity index (χ3v) is 4.22. The molecule has 1 heterocycles. The standard InChI is InChI=1S/C17H16ClNO2/c18-14-6-7-16(15(10-14)17(20)21)19-9-8-13(11-19)12-4-2-1-3-5-12/h1-7,10,13H,8-9,11H2,(H,20,21). The Balaban J connectivity index is 1.85. The first kappa shape index (κ1) is 14.0. The Morgan fingerprint density at radius 2 is 1.95 bits per heavy atom. The normalized spacial score (nSPS) is 18.0. The van der Waals surface area contributed by atoms with Gasteiger partial charge in [0, 0.05) is 24.0 Å². The number of aromatic carboxylic acids is 1. The third-order valence-electron chi connectivity index (χ3n) is 3.99. The highest BCUT2D eigenvalue weighted by Gasteiger charge is 2.26. The molecule has 1 unspecified atom stereocenters. The maximum atomic E-state index is 11.4. The summed E-state index contributed by atoms with van der Waals surface area (Å²) in [6, 6.07) is 15.4. The first-order chi connectivity index (χ1) is 10.1. The Kier molecular flexibility index (Phi) is 3.84. The Hall–Kier alpha value is -2.00. The van der Waals surface area contributed by atoms with E-state index in [0.717, 1.165) is 25.2 Å². The van der Waals surface area contributed by atoms with Crippen molar-refractivity contribution in [3.8, 4) is 0 Å². The van der Waals surface area contributed by atoms with Crippen LogP contribution in [0.15, 0.2) is 48.5 Å². The number of carboxylic acid groups (broad SMARTS) is 1. The van der Waals surface area contributed by atoms with Crippen molar-refractivity contribution < 1.29 is 9.90 Å². The van der Waals surface area contributed by atoms with Gasteiger partial charge in [-0.05, 0) is 30.2 Å². The summed E-state index contributed by atoms with van der Waals surface area (Å²) in [6.07, 6.45) is 1.03. The predicted octanol–water partition coefficient (Wildman–Crippen LogP) is 4.03. The molecule has 0 radical (unpaired) electrons. The maximum Gasteiger partial charge on any atom is 0.337 e. The van der Waals surface area contributed by atoms with Crippen LogP contribution in [0.1, 0.15) is 28.3 Å². The number of halogens is 1. The minimum absolute atomic E-state index is 0.274. The molecule has 1 aliphatic heterocycles. The lowest BCUT2D eigenvalue weighted by Crippen LogP contribution is -2.21. The van der Waals surface area contributed by atoms with Gasteiger partial charge in [0.15, 0.2) is 0 Å². The fourth-order valence-electron chi connectivity index (χ4n) is 2.93. The fourth-order valence-corrected chi connectivity index (χ4v) is 3.10. The largest absolute Gasteiger partial charge is 0.478 e. The summed E-state index contributed by atoms with van der Waals surface area (Å²) >= 11 is 5.91. The molecular weight excluding hydrogens is 286 g/mol. The highest BCUT2D eigenvalue weighted by Crippen LogP contribution is 2.33. The Morgan fingerprint density at radius 1 is 1.19 bits per heavy atom. The number of hydrogen-bond donors (Lipinski definition) is 1. The van der Waals surface area contributed by atoms with Gasteiger partial charge in [-0.15, -0.1) is 0 Å². The van der Waals surface area contributed by atoms with Gasteiger partial charge in [0.2, 0.25) is 0 Å². The summed E-state index contributed by atoms with van der Waals surface area (Å²) in [5.41, 5.74) is 2.34. The Morgan fingerprint density at radius 3 is 2.67 bits per heavy atom. The number of carboxylic acids is 1. The zero-order chi connectivity index (χ0) is 14.8. The van der Waals surface area contributed by atoms with Gasteiger partial charge in [0.25, 0.3) is 0 Å². The topological polar surface area (TPSA) is 40.5 Å². The van der Waals surface area contributed by atoms with Crippen LogP contribution in [0.5, 0.6) is 0 Å². The number of rotatable bonds is 3. The second-order valence-corrected chi connectivity index (χ2v) is 5.75. The van der Waals surface area contributed by atoms with E-state index in [0.29, 0.717) is 10.9 Å². The van der Waals surface area contributed by atoms with Crippen molar-refractivity contribution in [1.29, 1.82) is 0 Å². The van der Waals surface area contributed by atoms with Gasteiger partial charge in [-0.1, -0.05) is 41.9 Å². The number of benzene rings is 2. The number of anilines is 1. The van der Waals surface area contributed by atoms with Gasteiger partial charge in [-0.3, -0.25) is 0 Å². The molecule has 0 aliphatic carbocycles. The molecule has 1 saturated heterocycles. The highest BCUT2D eigenvalue weighted by atomic mass is 35.5. The van der Waals surface area contributed by atoms with Crippen molar-refractivity contribution in [2.45, 2.75) is 12.3 Å². The van der Waals surface area contributed by atoms with E-state index < -0.39 is 5.97 Å². The fraction of sp³-hybridized carbons (Fsp3) is 0.235. The van der Waals surface area contributed by atoms with Gasteiger partial charge in [0.1, 0.15) is 0 Å². The van der Waals surface area contributed by atoms with Crippen LogP contribution in [0, 0.1) is 0 Å². The van der Waals surface area contributed by atoms with Crippen LogP contribution in [0.3, 0.4) is 0 Å². The molecule has 0 aromatic heterocycles. The van der Waals surface area contributed by atoms with Crippen molar-refractivity contribution in [3.05, 3.63) is 64.7 Å². The van der Waals surface area contributed by atoms with E-state index >= 15 is 0 Å². The van der Waals surface area contributed by atoms with E-state index in [1.807, 2.05) is 18.2 Å². The van der Waals surface area contributed by atoms with E-state index in [1.165, 1.54) is 11.6 Å². The van der Waals surface area contributed by atoms with Crippen LogP contribution in [0.25, 0.3) is 0 Å². The molecule has 1 fully saturated rings. The molecule has 0 bridgehead atoms. The molecule has 0 amide bonds. The molecule has 2 aromatic rings. The maximum absolute atomic E-state index is 11.4. The summed E-state index contributed by atoms with van der Waals surface area (Å²) in [5, 5.41) is 9.80. The van der Waals surface area contributed by atoms with Crippen molar-refractivity contribution >= 4 is 23.3 Å². The lowest BCUT2D eigenvalue weighted by Gasteiger charge is -2.21. The molecular formula is C17H16ClNO2. The third kappa shape index (κ3) is 2.88.